The lowest BCUT2D eigenvalue weighted by Gasteiger charge is -2.10. The number of ether oxygens (including phenoxy) is 1. The zero-order valence-corrected chi connectivity index (χ0v) is 15.2. The van der Waals surface area contributed by atoms with Crippen molar-refractivity contribution in [2.75, 3.05) is 13.2 Å². The normalized spacial score (nSPS) is 11.1. The highest BCUT2D eigenvalue weighted by Crippen LogP contribution is 2.07. The Morgan fingerprint density at radius 1 is 1.28 bits per heavy atom. The molecule has 1 amide bonds. The summed E-state index contributed by atoms with van der Waals surface area (Å²) in [6.45, 7) is 8.68. The average molecular weight is 347 g/mol. The molecule has 1 N–H and O–H groups in total. The summed E-state index contributed by atoms with van der Waals surface area (Å²) >= 11 is 0. The third-order valence-corrected chi connectivity index (χ3v) is 3.47. The maximum Gasteiger partial charge on any atom is 0.267 e. The fourth-order valence-electron chi connectivity index (χ4n) is 2.34. The maximum absolute atomic E-state index is 12.0. The summed E-state index contributed by atoms with van der Waals surface area (Å²) < 4.78 is 8.20. The molecule has 2 aromatic heterocycles. The summed E-state index contributed by atoms with van der Waals surface area (Å²) in [5.74, 6) is 0.244. The van der Waals surface area contributed by atoms with E-state index in [1.807, 2.05) is 33.8 Å². The first-order chi connectivity index (χ1) is 11.9. The number of aryl methyl sites for hydroxylation is 2. The van der Waals surface area contributed by atoms with Crippen molar-refractivity contribution >= 4 is 5.91 Å². The van der Waals surface area contributed by atoms with Gasteiger partial charge in [0.25, 0.3) is 5.56 Å². The van der Waals surface area contributed by atoms with E-state index >= 15 is 0 Å². The predicted octanol–water partition coefficient (Wildman–Crippen LogP) is 0.977. The van der Waals surface area contributed by atoms with Crippen molar-refractivity contribution in [3.63, 3.8) is 0 Å². The van der Waals surface area contributed by atoms with Crippen LogP contribution >= 0.6 is 0 Å². The molecule has 0 aliphatic rings. The molecule has 136 valence electrons. The molecule has 0 aromatic carbocycles. The van der Waals surface area contributed by atoms with Gasteiger partial charge in [0, 0.05) is 24.9 Å². The van der Waals surface area contributed by atoms with Crippen LogP contribution in [0.2, 0.25) is 0 Å². The fourth-order valence-corrected chi connectivity index (χ4v) is 2.34. The van der Waals surface area contributed by atoms with Crippen LogP contribution in [0.3, 0.4) is 0 Å². The van der Waals surface area contributed by atoms with Crippen LogP contribution in [0.25, 0.3) is 5.82 Å². The Labute approximate surface area is 146 Å². The molecule has 0 bridgehead atoms. The van der Waals surface area contributed by atoms with Crippen LogP contribution < -0.4 is 10.9 Å². The minimum absolute atomic E-state index is 0.128. The topological polar surface area (TPSA) is 91.0 Å². The first-order valence-electron chi connectivity index (χ1n) is 8.37. The van der Waals surface area contributed by atoms with Crippen molar-refractivity contribution in [1.82, 2.24) is 24.9 Å². The summed E-state index contributed by atoms with van der Waals surface area (Å²) in [5.41, 5.74) is 1.44. The highest BCUT2D eigenvalue weighted by atomic mass is 16.5. The van der Waals surface area contributed by atoms with Crippen molar-refractivity contribution in [2.45, 2.75) is 46.8 Å². The highest BCUT2D eigenvalue weighted by Gasteiger charge is 2.10. The molecule has 2 heterocycles. The molecule has 0 aliphatic heterocycles. The van der Waals surface area contributed by atoms with E-state index in [4.69, 9.17) is 4.74 Å². The van der Waals surface area contributed by atoms with E-state index in [2.05, 4.69) is 15.5 Å². The van der Waals surface area contributed by atoms with Gasteiger partial charge in [-0.05, 0) is 46.2 Å². The number of amides is 1. The van der Waals surface area contributed by atoms with E-state index in [0.29, 0.717) is 19.0 Å². The van der Waals surface area contributed by atoms with Gasteiger partial charge in [-0.1, -0.05) is 0 Å². The standard InChI is InChI=1S/C17H25N5O3/c1-12(2)25-9-5-8-18-16(23)11-21-17(24)7-6-15(20-21)22-14(4)10-13(3)19-22/h6-7,10,12H,5,8-9,11H2,1-4H3,(H,18,23). The number of rotatable bonds is 8. The molecule has 0 saturated heterocycles. The number of hydrogen-bond acceptors (Lipinski definition) is 5. The Hall–Kier alpha value is -2.48. The van der Waals surface area contributed by atoms with Gasteiger partial charge in [0.2, 0.25) is 5.91 Å². The van der Waals surface area contributed by atoms with Gasteiger partial charge in [-0.3, -0.25) is 9.59 Å². The quantitative estimate of drug-likeness (QED) is 0.719. The molecule has 0 radical (unpaired) electrons. The van der Waals surface area contributed by atoms with Gasteiger partial charge < -0.3 is 10.1 Å². The molecule has 0 aliphatic carbocycles. The van der Waals surface area contributed by atoms with Crippen molar-refractivity contribution < 1.29 is 9.53 Å². The second-order valence-electron chi connectivity index (χ2n) is 6.15. The zero-order valence-electron chi connectivity index (χ0n) is 15.2. The van der Waals surface area contributed by atoms with Gasteiger partial charge in [-0.15, -0.1) is 5.10 Å². The van der Waals surface area contributed by atoms with Crippen LogP contribution in [0, 0.1) is 13.8 Å². The Bertz CT molecular complexity index is 779. The van der Waals surface area contributed by atoms with Crippen LogP contribution in [0.15, 0.2) is 23.0 Å². The lowest BCUT2D eigenvalue weighted by molar-refractivity contribution is -0.121. The first kappa shape index (κ1) is 18.9. The van der Waals surface area contributed by atoms with Gasteiger partial charge in [0.1, 0.15) is 6.54 Å². The van der Waals surface area contributed by atoms with Gasteiger partial charge in [-0.25, -0.2) is 9.36 Å². The molecule has 25 heavy (non-hydrogen) atoms. The Morgan fingerprint density at radius 2 is 2.04 bits per heavy atom. The van der Waals surface area contributed by atoms with Crippen LogP contribution in [-0.4, -0.2) is 44.7 Å². The number of nitrogens with one attached hydrogen (secondary N) is 1. The molecular weight excluding hydrogens is 322 g/mol. The van der Waals surface area contributed by atoms with Gasteiger partial charge >= 0.3 is 0 Å². The van der Waals surface area contributed by atoms with Gasteiger partial charge in [0.05, 0.1) is 11.8 Å². The number of nitrogens with zero attached hydrogens (tertiary/aromatic N) is 4. The monoisotopic (exact) mass is 347 g/mol. The second-order valence-corrected chi connectivity index (χ2v) is 6.15. The van der Waals surface area contributed by atoms with Crippen LogP contribution in [0.5, 0.6) is 0 Å². The van der Waals surface area contributed by atoms with E-state index in [-0.39, 0.29) is 24.1 Å². The number of hydrogen-bond donors (Lipinski definition) is 1. The van der Waals surface area contributed by atoms with E-state index in [1.165, 1.54) is 6.07 Å². The molecule has 0 spiro atoms. The van der Waals surface area contributed by atoms with Crippen LogP contribution in [0.1, 0.15) is 31.7 Å². The van der Waals surface area contributed by atoms with Crippen molar-refractivity contribution in [3.05, 3.63) is 39.9 Å². The number of carbonyl (C=O) groups excluding carboxylic acids is 1. The number of carbonyl (C=O) groups is 1. The minimum Gasteiger partial charge on any atom is -0.379 e. The third kappa shape index (κ3) is 5.53. The summed E-state index contributed by atoms with van der Waals surface area (Å²) in [4.78, 5) is 24.0. The average Bonchev–Trinajstić information content (AvgIpc) is 2.87. The van der Waals surface area contributed by atoms with Crippen molar-refractivity contribution in [3.8, 4) is 5.82 Å². The van der Waals surface area contributed by atoms with Crippen LogP contribution in [0.4, 0.5) is 0 Å². The second kappa shape index (κ2) is 8.57. The highest BCUT2D eigenvalue weighted by molar-refractivity contribution is 5.75. The summed E-state index contributed by atoms with van der Waals surface area (Å²) in [5, 5.41) is 11.3. The Balaban J connectivity index is 1.97. The van der Waals surface area contributed by atoms with Crippen molar-refractivity contribution in [1.29, 1.82) is 0 Å². The molecule has 0 atom stereocenters. The smallest absolute Gasteiger partial charge is 0.267 e. The van der Waals surface area contributed by atoms with E-state index in [9.17, 15) is 9.59 Å². The summed E-state index contributed by atoms with van der Waals surface area (Å²) in [6.07, 6.45) is 0.897. The predicted molar refractivity (Wildman–Crippen MR) is 93.8 cm³/mol. The zero-order chi connectivity index (χ0) is 18.4. The minimum atomic E-state index is -0.330. The Morgan fingerprint density at radius 3 is 2.68 bits per heavy atom. The molecule has 0 saturated carbocycles. The SMILES string of the molecule is Cc1cc(C)n(-c2ccc(=O)n(CC(=O)NCCCOC(C)C)n2)n1. The number of aromatic nitrogens is 4. The largest absolute Gasteiger partial charge is 0.379 e. The molecule has 0 fully saturated rings. The molecule has 0 unspecified atom stereocenters. The molecule has 2 rings (SSSR count). The Kier molecular flexibility index (Phi) is 6.46. The lowest BCUT2D eigenvalue weighted by Crippen LogP contribution is -2.34. The van der Waals surface area contributed by atoms with E-state index < -0.39 is 0 Å². The molecule has 8 nitrogen and oxygen atoms in total. The van der Waals surface area contributed by atoms with Crippen molar-refractivity contribution in [2.24, 2.45) is 0 Å². The summed E-state index contributed by atoms with van der Waals surface area (Å²) in [6, 6.07) is 4.91. The lowest BCUT2D eigenvalue weighted by atomic mass is 10.4. The van der Waals surface area contributed by atoms with E-state index in [1.54, 1.807) is 10.7 Å². The first-order valence-corrected chi connectivity index (χ1v) is 8.37. The third-order valence-electron chi connectivity index (χ3n) is 3.47. The van der Waals surface area contributed by atoms with Crippen LogP contribution in [-0.2, 0) is 16.1 Å². The molecular formula is C17H25N5O3. The van der Waals surface area contributed by atoms with E-state index in [0.717, 1.165) is 22.5 Å². The summed E-state index contributed by atoms with van der Waals surface area (Å²) in [7, 11) is 0. The van der Waals surface area contributed by atoms with Gasteiger partial charge in [0.15, 0.2) is 5.82 Å². The maximum atomic E-state index is 12.0. The molecule has 2 aromatic rings. The van der Waals surface area contributed by atoms with Gasteiger partial charge in [-0.2, -0.15) is 5.10 Å². The molecule has 8 heteroatoms. The fraction of sp³-hybridized carbons (Fsp3) is 0.529.